The van der Waals surface area contributed by atoms with Crippen LogP contribution in [0.2, 0.25) is 0 Å². The third-order valence-electron chi connectivity index (χ3n) is 2.02. The molecule has 0 radical (unpaired) electrons. The largest absolute Gasteiger partial charge is 0.224 e. The van der Waals surface area contributed by atoms with Crippen LogP contribution in [-0.2, 0) is 16.3 Å². The summed E-state index contributed by atoms with van der Waals surface area (Å²) in [6.07, 6.45) is 0.555. The van der Waals surface area contributed by atoms with Crippen molar-refractivity contribution in [2.24, 2.45) is 0 Å². The van der Waals surface area contributed by atoms with Crippen molar-refractivity contribution in [2.75, 3.05) is 17.5 Å². The fourth-order valence-electron chi connectivity index (χ4n) is 1.33. The number of alkyl halides is 2. The van der Waals surface area contributed by atoms with E-state index in [0.29, 0.717) is 17.2 Å². The van der Waals surface area contributed by atoms with Crippen LogP contribution < -0.4 is 0 Å². The van der Waals surface area contributed by atoms with Crippen molar-refractivity contribution in [3.05, 3.63) is 29.8 Å². The molecule has 1 aromatic carbocycles. The third-order valence-corrected chi connectivity index (χ3v) is 4.43. The van der Waals surface area contributed by atoms with Gasteiger partial charge < -0.3 is 0 Å². The van der Waals surface area contributed by atoms with Gasteiger partial charge >= 0.3 is 0 Å². The molecule has 0 saturated carbocycles. The molecule has 2 nitrogen and oxygen atoms in total. The molecule has 5 heteroatoms. The van der Waals surface area contributed by atoms with E-state index >= 15 is 0 Å². The summed E-state index contributed by atoms with van der Waals surface area (Å²) in [4.78, 5) is 0.353. The van der Waals surface area contributed by atoms with Crippen LogP contribution in [0.5, 0.6) is 0 Å². The SMILES string of the molecule is O=S(=O)(CCCl)c1ccccc1CCCl. The summed E-state index contributed by atoms with van der Waals surface area (Å²) in [6, 6.07) is 6.90. The second-order valence-corrected chi connectivity index (χ2v) is 5.89. The first kappa shape index (κ1) is 12.8. The maximum absolute atomic E-state index is 11.8. The van der Waals surface area contributed by atoms with Crippen LogP contribution in [0.3, 0.4) is 0 Å². The number of halogens is 2. The summed E-state index contributed by atoms with van der Waals surface area (Å²) in [5.41, 5.74) is 0.762. The van der Waals surface area contributed by atoms with Gasteiger partial charge in [-0.3, -0.25) is 0 Å². The van der Waals surface area contributed by atoms with Gasteiger partial charge in [0.2, 0.25) is 0 Å². The Kier molecular flexibility index (Phi) is 4.90. The van der Waals surface area contributed by atoms with Crippen LogP contribution in [0.4, 0.5) is 0 Å². The second kappa shape index (κ2) is 5.73. The van der Waals surface area contributed by atoms with Crippen LogP contribution in [0.25, 0.3) is 0 Å². The second-order valence-electron chi connectivity index (χ2n) is 3.05. The highest BCUT2D eigenvalue weighted by Crippen LogP contribution is 2.18. The van der Waals surface area contributed by atoms with Gasteiger partial charge in [0, 0.05) is 11.8 Å². The van der Waals surface area contributed by atoms with E-state index in [1.165, 1.54) is 0 Å². The zero-order valence-corrected chi connectivity index (χ0v) is 10.4. The van der Waals surface area contributed by atoms with Crippen LogP contribution in [0.15, 0.2) is 29.2 Å². The van der Waals surface area contributed by atoms with Gasteiger partial charge in [-0.05, 0) is 18.1 Å². The number of hydrogen-bond donors (Lipinski definition) is 0. The highest BCUT2D eigenvalue weighted by molar-refractivity contribution is 7.91. The Balaban J connectivity index is 3.12. The standard InChI is InChI=1S/C10H12Cl2O2S/c11-6-5-9-3-1-2-4-10(9)15(13,14)8-7-12/h1-4H,5-8H2. The van der Waals surface area contributed by atoms with E-state index < -0.39 is 9.84 Å². The Morgan fingerprint density at radius 3 is 2.33 bits per heavy atom. The van der Waals surface area contributed by atoms with Gasteiger partial charge in [0.1, 0.15) is 0 Å². The molecule has 0 heterocycles. The van der Waals surface area contributed by atoms with Gasteiger partial charge in [-0.2, -0.15) is 0 Å². The van der Waals surface area contributed by atoms with Gasteiger partial charge in [0.15, 0.2) is 9.84 Å². The molecule has 0 aliphatic heterocycles. The monoisotopic (exact) mass is 266 g/mol. The molecule has 15 heavy (non-hydrogen) atoms. The van der Waals surface area contributed by atoms with Gasteiger partial charge in [-0.1, -0.05) is 18.2 Å². The van der Waals surface area contributed by atoms with Gasteiger partial charge in [0.25, 0.3) is 0 Å². The maximum atomic E-state index is 11.8. The molecule has 1 rings (SSSR count). The van der Waals surface area contributed by atoms with Crippen molar-refractivity contribution in [1.29, 1.82) is 0 Å². The van der Waals surface area contributed by atoms with Gasteiger partial charge in [-0.25, -0.2) is 8.42 Å². The van der Waals surface area contributed by atoms with Crippen molar-refractivity contribution in [3.63, 3.8) is 0 Å². The fraction of sp³-hybridized carbons (Fsp3) is 0.400. The molecule has 0 aliphatic carbocycles. The average Bonchev–Trinajstić information content (AvgIpc) is 2.19. The number of sulfone groups is 1. The van der Waals surface area contributed by atoms with Crippen molar-refractivity contribution < 1.29 is 8.42 Å². The predicted octanol–water partition coefficient (Wildman–Crippen LogP) is 2.48. The van der Waals surface area contributed by atoms with E-state index in [9.17, 15) is 8.42 Å². The molecule has 0 saturated heterocycles. The minimum Gasteiger partial charge on any atom is -0.224 e. The average molecular weight is 267 g/mol. The van der Waals surface area contributed by atoms with E-state index in [0.717, 1.165) is 5.56 Å². The lowest BCUT2D eigenvalue weighted by Gasteiger charge is -2.07. The summed E-state index contributed by atoms with van der Waals surface area (Å²) in [5.74, 6) is 0.485. The lowest BCUT2D eigenvalue weighted by Crippen LogP contribution is -2.10. The number of rotatable bonds is 5. The molecule has 0 aliphatic rings. The van der Waals surface area contributed by atoms with Crippen LogP contribution in [-0.4, -0.2) is 25.9 Å². The number of aryl methyl sites for hydroxylation is 1. The zero-order valence-electron chi connectivity index (χ0n) is 8.12. The first-order valence-electron chi connectivity index (χ1n) is 4.54. The highest BCUT2D eigenvalue weighted by Gasteiger charge is 2.16. The van der Waals surface area contributed by atoms with Crippen molar-refractivity contribution in [2.45, 2.75) is 11.3 Å². The Morgan fingerprint density at radius 1 is 1.07 bits per heavy atom. The highest BCUT2D eigenvalue weighted by atomic mass is 35.5. The smallest absolute Gasteiger partial charge is 0.179 e. The lowest BCUT2D eigenvalue weighted by molar-refractivity contribution is 0.596. The molecule has 0 atom stereocenters. The van der Waals surface area contributed by atoms with Crippen LogP contribution >= 0.6 is 23.2 Å². The Hall–Kier alpha value is -0.250. The van der Waals surface area contributed by atoms with Crippen molar-refractivity contribution >= 4 is 33.0 Å². The number of benzene rings is 1. The van der Waals surface area contributed by atoms with E-state index in [4.69, 9.17) is 23.2 Å². The lowest BCUT2D eigenvalue weighted by atomic mass is 10.2. The first-order chi connectivity index (χ1) is 7.11. The first-order valence-corrected chi connectivity index (χ1v) is 7.26. The minimum absolute atomic E-state index is 0.0339. The van der Waals surface area contributed by atoms with Crippen LogP contribution in [0.1, 0.15) is 5.56 Å². The molecule has 0 unspecified atom stereocenters. The Morgan fingerprint density at radius 2 is 1.73 bits per heavy atom. The molecule has 0 spiro atoms. The maximum Gasteiger partial charge on any atom is 0.179 e. The molecule has 0 N–H and O–H groups in total. The minimum atomic E-state index is -3.25. The molecule has 0 fully saturated rings. The predicted molar refractivity (Wildman–Crippen MR) is 63.6 cm³/mol. The van der Waals surface area contributed by atoms with Gasteiger partial charge in [0.05, 0.1) is 10.6 Å². The molecular weight excluding hydrogens is 255 g/mol. The fourth-order valence-corrected chi connectivity index (χ4v) is 3.42. The summed E-state index contributed by atoms with van der Waals surface area (Å²) < 4.78 is 23.6. The molecule has 1 aromatic rings. The summed E-state index contributed by atoms with van der Waals surface area (Å²) in [5, 5.41) is 0. The molecular formula is C10H12Cl2O2S. The van der Waals surface area contributed by atoms with Crippen molar-refractivity contribution in [3.8, 4) is 0 Å². The van der Waals surface area contributed by atoms with E-state index in [-0.39, 0.29) is 11.6 Å². The van der Waals surface area contributed by atoms with Crippen molar-refractivity contribution in [1.82, 2.24) is 0 Å². The zero-order chi connectivity index (χ0) is 11.3. The van der Waals surface area contributed by atoms with Gasteiger partial charge in [-0.15, -0.1) is 23.2 Å². The Labute approximate surface area is 100 Å². The topological polar surface area (TPSA) is 34.1 Å². The van der Waals surface area contributed by atoms with E-state index in [2.05, 4.69) is 0 Å². The Bertz CT molecular complexity index is 415. The normalized spacial score (nSPS) is 11.6. The van der Waals surface area contributed by atoms with E-state index in [1.54, 1.807) is 18.2 Å². The molecule has 84 valence electrons. The quantitative estimate of drug-likeness (QED) is 0.768. The molecule has 0 bridgehead atoms. The molecule has 0 amide bonds. The van der Waals surface area contributed by atoms with E-state index in [1.807, 2.05) is 6.07 Å². The molecule has 0 aromatic heterocycles. The summed E-state index contributed by atoms with van der Waals surface area (Å²) in [7, 11) is -3.25. The van der Waals surface area contributed by atoms with Crippen LogP contribution in [0, 0.1) is 0 Å². The third kappa shape index (κ3) is 3.37. The number of hydrogen-bond acceptors (Lipinski definition) is 2. The summed E-state index contributed by atoms with van der Waals surface area (Å²) >= 11 is 11.1. The summed E-state index contributed by atoms with van der Waals surface area (Å²) in [6.45, 7) is 0.